The molecular weight excluding hydrogens is 336 g/mol. The van der Waals surface area contributed by atoms with E-state index < -0.39 is 0 Å². The zero-order valence-corrected chi connectivity index (χ0v) is 16.7. The normalized spacial score (nSPS) is 12.1. The number of aromatic nitrogens is 1. The van der Waals surface area contributed by atoms with Gasteiger partial charge in [0, 0.05) is 28.7 Å². The second-order valence-electron chi connectivity index (χ2n) is 6.20. The van der Waals surface area contributed by atoms with Gasteiger partial charge in [-0.3, -0.25) is 9.78 Å². The lowest BCUT2D eigenvalue weighted by Gasteiger charge is -2.08. The van der Waals surface area contributed by atoms with Gasteiger partial charge in [0.1, 0.15) is 0 Å². The number of benzene rings is 1. The van der Waals surface area contributed by atoms with Crippen LogP contribution in [0.15, 0.2) is 42.6 Å². The van der Waals surface area contributed by atoms with Gasteiger partial charge in [0.25, 0.3) is 5.91 Å². The lowest BCUT2D eigenvalue weighted by molar-refractivity contribution is 0.0950. The Morgan fingerprint density at radius 1 is 1.11 bits per heavy atom. The molecular formula is C22H32N4O. The van der Waals surface area contributed by atoms with Crippen LogP contribution in [0.3, 0.4) is 0 Å². The topological polar surface area (TPSA) is 91.9 Å². The molecule has 1 aromatic heterocycles. The van der Waals surface area contributed by atoms with Crippen LogP contribution in [0.25, 0.3) is 0 Å². The van der Waals surface area contributed by atoms with Crippen molar-refractivity contribution in [3.8, 4) is 0 Å². The van der Waals surface area contributed by atoms with Crippen LogP contribution in [0.4, 0.5) is 5.69 Å². The van der Waals surface area contributed by atoms with Crippen molar-refractivity contribution in [2.24, 2.45) is 0 Å². The predicted molar refractivity (Wildman–Crippen MR) is 113 cm³/mol. The molecule has 0 spiro atoms. The number of pyridine rings is 1. The molecule has 0 bridgehead atoms. The number of nitrogen functional groups attached to an aromatic ring is 1. The number of hydrogen-bond acceptors (Lipinski definition) is 4. The van der Waals surface area contributed by atoms with Crippen LogP contribution in [0.1, 0.15) is 74.5 Å². The number of nitrogens with two attached hydrogens (primary N) is 1. The Bertz CT molecular complexity index is 702. The molecule has 1 amide bonds. The molecule has 4 N–H and O–H groups in total. The first kappa shape index (κ1) is 22.4. The highest BCUT2D eigenvalue weighted by atomic mass is 16.1. The van der Waals surface area contributed by atoms with Crippen LogP contribution in [-0.4, -0.2) is 16.6 Å². The summed E-state index contributed by atoms with van der Waals surface area (Å²) in [5.41, 5.74) is 8.46. The van der Waals surface area contributed by atoms with Gasteiger partial charge in [0.15, 0.2) is 0 Å². The number of carbonyl (C=O) groups excluding carboxylic acids is 1. The van der Waals surface area contributed by atoms with Crippen LogP contribution < -0.4 is 11.1 Å². The number of nitrogens with zero attached hydrogens (tertiary/aromatic N) is 1. The number of carbonyl (C=O) groups is 1. The number of rotatable bonds is 4. The highest BCUT2D eigenvalue weighted by Crippen LogP contribution is 2.15. The van der Waals surface area contributed by atoms with Gasteiger partial charge in [-0.15, -0.1) is 0 Å². The second-order valence-corrected chi connectivity index (χ2v) is 6.20. The van der Waals surface area contributed by atoms with Crippen LogP contribution in [-0.2, 0) is 6.54 Å². The van der Waals surface area contributed by atoms with E-state index in [0.717, 1.165) is 5.69 Å². The quantitative estimate of drug-likeness (QED) is 0.526. The van der Waals surface area contributed by atoms with E-state index in [1.165, 1.54) is 32.1 Å². The molecule has 1 aliphatic carbocycles. The standard InChI is InChI=1S/C15H16N4O.C5H10.C2H6/c1-10(16)13-8-11(5-6-14(13)17)15(20)19-9-12-4-2-3-7-18-12;1-2-4-5-3-1;1-2/h2-8,16H,9,17H2,1H3,(H,19,20);1-5H2;1-2H3. The molecule has 146 valence electrons. The van der Waals surface area contributed by atoms with Crippen molar-refractivity contribution in [2.45, 2.75) is 59.4 Å². The third-order valence-corrected chi connectivity index (χ3v) is 4.13. The van der Waals surface area contributed by atoms with E-state index in [2.05, 4.69) is 10.3 Å². The fraction of sp³-hybridized carbons (Fsp3) is 0.409. The van der Waals surface area contributed by atoms with E-state index in [-0.39, 0.29) is 5.91 Å². The molecule has 0 atom stereocenters. The minimum absolute atomic E-state index is 0.210. The number of amides is 1. The van der Waals surface area contributed by atoms with Gasteiger partial charge in [-0.2, -0.15) is 0 Å². The summed E-state index contributed by atoms with van der Waals surface area (Å²) in [5, 5.41) is 10.4. The maximum absolute atomic E-state index is 12.1. The summed E-state index contributed by atoms with van der Waals surface area (Å²) in [6, 6.07) is 10.5. The minimum Gasteiger partial charge on any atom is -0.398 e. The van der Waals surface area contributed by atoms with E-state index in [1.54, 1.807) is 31.3 Å². The molecule has 5 heteroatoms. The van der Waals surface area contributed by atoms with Crippen LogP contribution in [0.2, 0.25) is 0 Å². The highest BCUT2D eigenvalue weighted by molar-refractivity contribution is 6.04. The van der Waals surface area contributed by atoms with E-state index >= 15 is 0 Å². The molecule has 5 nitrogen and oxygen atoms in total. The molecule has 1 heterocycles. The van der Waals surface area contributed by atoms with Crippen molar-refractivity contribution in [2.75, 3.05) is 5.73 Å². The summed E-state index contributed by atoms with van der Waals surface area (Å²) in [7, 11) is 0. The fourth-order valence-corrected chi connectivity index (χ4v) is 2.68. The molecule has 2 aromatic rings. The zero-order chi connectivity index (χ0) is 20.1. The molecule has 27 heavy (non-hydrogen) atoms. The molecule has 1 aliphatic rings. The van der Waals surface area contributed by atoms with Crippen LogP contribution in [0, 0.1) is 5.41 Å². The number of anilines is 1. The first-order valence-electron chi connectivity index (χ1n) is 9.71. The van der Waals surface area contributed by atoms with Crippen molar-refractivity contribution >= 4 is 17.3 Å². The maximum Gasteiger partial charge on any atom is 0.251 e. The predicted octanol–water partition coefficient (Wildman–Crippen LogP) is 4.96. The van der Waals surface area contributed by atoms with Gasteiger partial charge in [0.2, 0.25) is 0 Å². The van der Waals surface area contributed by atoms with Gasteiger partial charge < -0.3 is 16.5 Å². The monoisotopic (exact) mass is 368 g/mol. The molecule has 0 aliphatic heterocycles. The Morgan fingerprint density at radius 2 is 1.74 bits per heavy atom. The third-order valence-electron chi connectivity index (χ3n) is 4.13. The molecule has 1 saturated carbocycles. The Morgan fingerprint density at radius 3 is 2.26 bits per heavy atom. The van der Waals surface area contributed by atoms with Gasteiger partial charge in [-0.25, -0.2) is 0 Å². The van der Waals surface area contributed by atoms with E-state index in [0.29, 0.717) is 29.1 Å². The number of nitrogens with one attached hydrogen (secondary N) is 2. The molecule has 0 unspecified atom stereocenters. The summed E-state index contributed by atoms with van der Waals surface area (Å²) in [5.74, 6) is -0.210. The first-order valence-corrected chi connectivity index (χ1v) is 9.71. The number of hydrogen-bond donors (Lipinski definition) is 3. The van der Waals surface area contributed by atoms with Crippen molar-refractivity contribution < 1.29 is 4.79 Å². The summed E-state index contributed by atoms with van der Waals surface area (Å²) in [6.07, 6.45) is 9.18. The lowest BCUT2D eigenvalue weighted by Crippen LogP contribution is -2.23. The maximum atomic E-state index is 12.1. The fourth-order valence-electron chi connectivity index (χ4n) is 2.68. The van der Waals surface area contributed by atoms with E-state index in [1.807, 2.05) is 32.0 Å². The molecule has 3 rings (SSSR count). The summed E-state index contributed by atoms with van der Waals surface area (Å²) < 4.78 is 0. The Balaban J connectivity index is 0.000000441. The van der Waals surface area contributed by atoms with Gasteiger partial charge >= 0.3 is 0 Å². The molecule has 1 fully saturated rings. The van der Waals surface area contributed by atoms with Crippen molar-refractivity contribution in [1.82, 2.24) is 10.3 Å². The third kappa shape index (κ3) is 8.03. The van der Waals surface area contributed by atoms with Gasteiger partial charge in [-0.05, 0) is 37.3 Å². The molecule has 0 saturated heterocycles. The Hall–Kier alpha value is -2.69. The molecule has 1 aromatic carbocycles. The summed E-state index contributed by atoms with van der Waals surface area (Å²) in [4.78, 5) is 16.2. The van der Waals surface area contributed by atoms with E-state index in [4.69, 9.17) is 11.1 Å². The Labute approximate surface area is 162 Å². The lowest BCUT2D eigenvalue weighted by atomic mass is 10.0. The van der Waals surface area contributed by atoms with Gasteiger partial charge in [0.05, 0.1) is 12.2 Å². The van der Waals surface area contributed by atoms with Crippen LogP contribution >= 0.6 is 0 Å². The second kappa shape index (κ2) is 12.6. The van der Waals surface area contributed by atoms with Crippen molar-refractivity contribution in [3.63, 3.8) is 0 Å². The van der Waals surface area contributed by atoms with Gasteiger partial charge in [-0.1, -0.05) is 52.0 Å². The smallest absolute Gasteiger partial charge is 0.251 e. The SMILES string of the molecule is C1CCCC1.CC.CC(=N)c1cc(C(=O)NCc2ccccn2)ccc1N. The Kier molecular flexibility index (Phi) is 10.5. The average molecular weight is 369 g/mol. The summed E-state index contributed by atoms with van der Waals surface area (Å²) in [6.45, 7) is 6.00. The van der Waals surface area contributed by atoms with Crippen molar-refractivity contribution in [1.29, 1.82) is 5.41 Å². The average Bonchev–Trinajstić information content (AvgIpc) is 3.29. The van der Waals surface area contributed by atoms with E-state index in [9.17, 15) is 4.79 Å². The zero-order valence-electron chi connectivity index (χ0n) is 16.7. The summed E-state index contributed by atoms with van der Waals surface area (Å²) >= 11 is 0. The highest BCUT2D eigenvalue weighted by Gasteiger charge is 2.09. The van der Waals surface area contributed by atoms with Crippen molar-refractivity contribution in [3.05, 3.63) is 59.4 Å². The minimum atomic E-state index is -0.210. The largest absolute Gasteiger partial charge is 0.398 e. The molecule has 0 radical (unpaired) electrons. The first-order chi connectivity index (χ1) is 13.1. The van der Waals surface area contributed by atoms with Crippen LogP contribution in [0.5, 0.6) is 0 Å².